The summed E-state index contributed by atoms with van der Waals surface area (Å²) in [5, 5.41) is 3.85. The molecule has 2 rings (SSSR count). The van der Waals surface area contributed by atoms with E-state index < -0.39 is 17.6 Å². The lowest BCUT2D eigenvalue weighted by molar-refractivity contribution is 0.0525. The van der Waals surface area contributed by atoms with Crippen molar-refractivity contribution in [2.45, 2.75) is 13.8 Å². The molecular formula is C13H12F2N2O2. The fraction of sp³-hybridized carbons (Fsp3) is 0.231. The molecule has 2 aromatic rings. The quantitative estimate of drug-likeness (QED) is 0.802. The van der Waals surface area contributed by atoms with Gasteiger partial charge in [0.2, 0.25) is 0 Å². The molecule has 19 heavy (non-hydrogen) atoms. The number of hydrogen-bond acceptors (Lipinski definition) is 3. The lowest BCUT2D eigenvalue weighted by Crippen LogP contribution is -2.08. The van der Waals surface area contributed by atoms with Gasteiger partial charge in [-0.2, -0.15) is 5.10 Å². The normalized spacial score (nSPS) is 10.5. The highest BCUT2D eigenvalue weighted by Crippen LogP contribution is 2.20. The number of nitrogens with zero attached hydrogens (tertiary/aromatic N) is 2. The van der Waals surface area contributed by atoms with Crippen LogP contribution in [0, 0.1) is 18.6 Å². The first-order valence-corrected chi connectivity index (χ1v) is 5.72. The van der Waals surface area contributed by atoms with Gasteiger partial charge in [0.15, 0.2) is 11.6 Å². The molecule has 0 fully saturated rings. The Bertz CT molecular complexity index is 603. The number of halogens is 2. The molecule has 4 nitrogen and oxygen atoms in total. The monoisotopic (exact) mass is 266 g/mol. The molecule has 0 aliphatic rings. The van der Waals surface area contributed by atoms with Crippen LogP contribution >= 0.6 is 0 Å². The SMILES string of the molecule is CCOC(=O)c1cnn(-c2c(F)cccc2F)c1C. The number of ether oxygens (including phenoxy) is 1. The molecule has 0 atom stereocenters. The van der Waals surface area contributed by atoms with Crippen molar-refractivity contribution in [3.63, 3.8) is 0 Å². The summed E-state index contributed by atoms with van der Waals surface area (Å²) >= 11 is 0. The van der Waals surface area contributed by atoms with Gasteiger partial charge in [-0.3, -0.25) is 0 Å². The third kappa shape index (κ3) is 2.33. The number of carbonyl (C=O) groups is 1. The molecule has 1 aromatic carbocycles. The zero-order chi connectivity index (χ0) is 14.0. The third-order valence-electron chi connectivity index (χ3n) is 2.65. The lowest BCUT2D eigenvalue weighted by atomic mass is 10.2. The fourth-order valence-electron chi connectivity index (χ4n) is 1.74. The maximum atomic E-state index is 13.7. The van der Waals surface area contributed by atoms with E-state index in [4.69, 9.17) is 4.74 Å². The van der Waals surface area contributed by atoms with Crippen LogP contribution in [0.4, 0.5) is 8.78 Å². The summed E-state index contributed by atoms with van der Waals surface area (Å²) in [6.07, 6.45) is 1.24. The number of rotatable bonds is 3. The van der Waals surface area contributed by atoms with E-state index in [9.17, 15) is 13.6 Å². The Hall–Kier alpha value is -2.24. The van der Waals surface area contributed by atoms with E-state index in [2.05, 4.69) is 5.10 Å². The second-order valence-corrected chi connectivity index (χ2v) is 3.85. The fourth-order valence-corrected chi connectivity index (χ4v) is 1.74. The number of hydrogen-bond donors (Lipinski definition) is 0. The maximum Gasteiger partial charge on any atom is 0.341 e. The van der Waals surface area contributed by atoms with Gasteiger partial charge in [0.25, 0.3) is 0 Å². The Balaban J connectivity index is 2.51. The van der Waals surface area contributed by atoms with Crippen molar-refractivity contribution in [2.24, 2.45) is 0 Å². The maximum absolute atomic E-state index is 13.7. The second kappa shape index (κ2) is 5.17. The van der Waals surface area contributed by atoms with E-state index in [0.29, 0.717) is 5.69 Å². The number of carbonyl (C=O) groups excluding carboxylic acids is 1. The van der Waals surface area contributed by atoms with Crippen LogP contribution in [0.5, 0.6) is 0 Å². The number of para-hydroxylation sites is 1. The lowest BCUT2D eigenvalue weighted by Gasteiger charge is -2.07. The molecule has 0 bridgehead atoms. The Kier molecular flexibility index (Phi) is 3.59. The third-order valence-corrected chi connectivity index (χ3v) is 2.65. The first kappa shape index (κ1) is 13.2. The van der Waals surface area contributed by atoms with Gasteiger partial charge in [-0.1, -0.05) is 6.07 Å². The molecule has 0 spiro atoms. The highest BCUT2D eigenvalue weighted by molar-refractivity contribution is 5.90. The van der Waals surface area contributed by atoms with E-state index >= 15 is 0 Å². The van der Waals surface area contributed by atoms with Crippen LogP contribution < -0.4 is 0 Å². The molecule has 100 valence electrons. The Morgan fingerprint density at radius 2 is 2.00 bits per heavy atom. The van der Waals surface area contributed by atoms with Crippen molar-refractivity contribution in [2.75, 3.05) is 6.61 Å². The van der Waals surface area contributed by atoms with E-state index in [-0.39, 0.29) is 17.9 Å². The van der Waals surface area contributed by atoms with Crippen LogP contribution in [-0.4, -0.2) is 22.4 Å². The molecule has 0 N–H and O–H groups in total. The summed E-state index contributed by atoms with van der Waals surface area (Å²) in [6, 6.07) is 3.52. The van der Waals surface area contributed by atoms with Crippen molar-refractivity contribution in [1.82, 2.24) is 9.78 Å². The van der Waals surface area contributed by atoms with Crippen LogP contribution in [0.15, 0.2) is 24.4 Å². The molecule has 0 aliphatic heterocycles. The standard InChI is InChI=1S/C13H12F2N2O2/c1-3-19-13(18)9-7-16-17(8(9)2)12-10(14)5-4-6-11(12)15/h4-7H,3H2,1-2H3. The van der Waals surface area contributed by atoms with Gasteiger partial charge in [0.1, 0.15) is 11.3 Å². The van der Waals surface area contributed by atoms with E-state index in [1.165, 1.54) is 12.3 Å². The second-order valence-electron chi connectivity index (χ2n) is 3.85. The minimum atomic E-state index is -0.749. The molecular weight excluding hydrogens is 254 g/mol. The average molecular weight is 266 g/mol. The minimum absolute atomic E-state index is 0.185. The van der Waals surface area contributed by atoms with Gasteiger partial charge in [-0.15, -0.1) is 0 Å². The Labute approximate surface area is 108 Å². The van der Waals surface area contributed by atoms with Crippen LogP contribution in [0.1, 0.15) is 23.0 Å². The van der Waals surface area contributed by atoms with Gasteiger partial charge >= 0.3 is 5.97 Å². The molecule has 0 amide bonds. The molecule has 1 aromatic heterocycles. The predicted molar refractivity (Wildman–Crippen MR) is 64.2 cm³/mol. The van der Waals surface area contributed by atoms with E-state index in [1.54, 1.807) is 13.8 Å². The highest BCUT2D eigenvalue weighted by Gasteiger charge is 2.19. The zero-order valence-electron chi connectivity index (χ0n) is 10.5. The van der Waals surface area contributed by atoms with Gasteiger partial charge in [0, 0.05) is 0 Å². The van der Waals surface area contributed by atoms with Crippen LogP contribution in [0.3, 0.4) is 0 Å². The molecule has 0 aliphatic carbocycles. The van der Waals surface area contributed by atoms with Crippen molar-refractivity contribution in [1.29, 1.82) is 0 Å². The van der Waals surface area contributed by atoms with Crippen molar-refractivity contribution in [3.05, 3.63) is 47.3 Å². The van der Waals surface area contributed by atoms with Crippen LogP contribution in [-0.2, 0) is 4.74 Å². The first-order chi connectivity index (χ1) is 9.06. The molecule has 0 radical (unpaired) electrons. The number of aromatic nitrogens is 2. The Morgan fingerprint density at radius 3 is 2.58 bits per heavy atom. The smallest absolute Gasteiger partial charge is 0.341 e. The molecule has 0 unspecified atom stereocenters. The minimum Gasteiger partial charge on any atom is -0.462 e. The topological polar surface area (TPSA) is 44.1 Å². The van der Waals surface area contributed by atoms with Crippen molar-refractivity contribution in [3.8, 4) is 5.69 Å². The average Bonchev–Trinajstić information content (AvgIpc) is 2.72. The summed E-state index contributed by atoms with van der Waals surface area (Å²) in [5.74, 6) is -2.06. The number of esters is 1. The number of benzene rings is 1. The van der Waals surface area contributed by atoms with Crippen molar-refractivity contribution < 1.29 is 18.3 Å². The Morgan fingerprint density at radius 1 is 1.37 bits per heavy atom. The summed E-state index contributed by atoms with van der Waals surface area (Å²) in [4.78, 5) is 11.6. The molecule has 0 saturated heterocycles. The van der Waals surface area contributed by atoms with E-state index in [0.717, 1.165) is 16.8 Å². The highest BCUT2D eigenvalue weighted by atomic mass is 19.1. The largest absolute Gasteiger partial charge is 0.462 e. The zero-order valence-corrected chi connectivity index (χ0v) is 10.5. The molecule has 0 saturated carbocycles. The summed E-state index contributed by atoms with van der Waals surface area (Å²) < 4.78 is 33.2. The van der Waals surface area contributed by atoms with Gasteiger partial charge in [-0.25, -0.2) is 18.3 Å². The summed E-state index contributed by atoms with van der Waals surface area (Å²) in [7, 11) is 0. The first-order valence-electron chi connectivity index (χ1n) is 5.72. The predicted octanol–water partition coefficient (Wildman–Crippen LogP) is 2.64. The molecule has 6 heteroatoms. The van der Waals surface area contributed by atoms with Gasteiger partial charge < -0.3 is 4.74 Å². The van der Waals surface area contributed by atoms with Crippen LogP contribution in [0.25, 0.3) is 5.69 Å². The van der Waals surface area contributed by atoms with Gasteiger partial charge in [0.05, 0.1) is 18.5 Å². The summed E-state index contributed by atoms with van der Waals surface area (Å²) in [5.41, 5.74) is 0.197. The van der Waals surface area contributed by atoms with Gasteiger partial charge in [-0.05, 0) is 26.0 Å². The van der Waals surface area contributed by atoms with E-state index in [1.807, 2.05) is 0 Å². The van der Waals surface area contributed by atoms with Crippen molar-refractivity contribution >= 4 is 5.97 Å². The van der Waals surface area contributed by atoms with Crippen LogP contribution in [0.2, 0.25) is 0 Å². The summed E-state index contributed by atoms with van der Waals surface area (Å²) in [6.45, 7) is 3.44. The molecule has 1 heterocycles.